The standard InChI is InChI=1S/C16H17NO3/c18-11-3-4-13-7-9-14(10-8-13)12-17-15(19)5-1-2-6-16(17)20/h7-10,18H,1-2,5-6,11-12H2. The van der Waals surface area contributed by atoms with Gasteiger partial charge in [0.05, 0.1) is 6.54 Å². The molecule has 0 atom stereocenters. The minimum Gasteiger partial charge on any atom is -0.384 e. The van der Waals surface area contributed by atoms with Crippen molar-refractivity contribution >= 4 is 11.8 Å². The lowest BCUT2D eigenvalue weighted by atomic mass is 10.1. The molecule has 1 aromatic carbocycles. The molecule has 0 spiro atoms. The second-order valence-corrected chi connectivity index (χ2v) is 4.74. The molecular weight excluding hydrogens is 254 g/mol. The molecule has 1 saturated heterocycles. The van der Waals surface area contributed by atoms with Gasteiger partial charge in [0.15, 0.2) is 0 Å². The highest BCUT2D eigenvalue weighted by Gasteiger charge is 2.23. The maximum atomic E-state index is 11.9. The first-order chi connectivity index (χ1) is 9.70. The fraction of sp³-hybridized carbons (Fsp3) is 0.375. The second-order valence-electron chi connectivity index (χ2n) is 4.74. The molecular formula is C16H17NO3. The van der Waals surface area contributed by atoms with Gasteiger partial charge in [0.25, 0.3) is 0 Å². The fourth-order valence-corrected chi connectivity index (χ4v) is 2.16. The maximum absolute atomic E-state index is 11.9. The lowest BCUT2D eigenvalue weighted by molar-refractivity contribution is -0.144. The molecule has 1 heterocycles. The topological polar surface area (TPSA) is 57.6 Å². The van der Waals surface area contributed by atoms with Crippen LogP contribution in [0.25, 0.3) is 0 Å². The quantitative estimate of drug-likeness (QED) is 0.654. The van der Waals surface area contributed by atoms with Crippen LogP contribution in [0.5, 0.6) is 0 Å². The summed E-state index contributed by atoms with van der Waals surface area (Å²) in [6.07, 6.45) is 2.48. The Kier molecular flexibility index (Phi) is 4.91. The van der Waals surface area contributed by atoms with Crippen LogP contribution in [0.4, 0.5) is 0 Å². The summed E-state index contributed by atoms with van der Waals surface area (Å²) in [6.45, 7) is 0.157. The predicted molar refractivity (Wildman–Crippen MR) is 74.4 cm³/mol. The Hall–Kier alpha value is -2.12. The summed E-state index contributed by atoms with van der Waals surface area (Å²) in [5, 5.41) is 8.63. The number of hydrogen-bond donors (Lipinski definition) is 1. The summed E-state index contributed by atoms with van der Waals surface area (Å²) in [7, 11) is 0. The third-order valence-electron chi connectivity index (χ3n) is 3.24. The molecule has 4 nitrogen and oxygen atoms in total. The van der Waals surface area contributed by atoms with E-state index in [0.29, 0.717) is 19.4 Å². The molecule has 0 aromatic heterocycles. The van der Waals surface area contributed by atoms with Crippen molar-refractivity contribution in [3.63, 3.8) is 0 Å². The van der Waals surface area contributed by atoms with E-state index in [1.165, 1.54) is 4.90 Å². The van der Waals surface area contributed by atoms with Gasteiger partial charge in [0, 0.05) is 18.4 Å². The Balaban J connectivity index is 2.08. The van der Waals surface area contributed by atoms with E-state index in [4.69, 9.17) is 5.11 Å². The molecule has 20 heavy (non-hydrogen) atoms. The smallest absolute Gasteiger partial charge is 0.229 e. The molecule has 2 rings (SSSR count). The van der Waals surface area contributed by atoms with Gasteiger partial charge >= 0.3 is 0 Å². The van der Waals surface area contributed by atoms with Crippen molar-refractivity contribution in [2.45, 2.75) is 32.2 Å². The van der Waals surface area contributed by atoms with E-state index in [0.717, 1.165) is 24.0 Å². The number of imide groups is 1. The van der Waals surface area contributed by atoms with Gasteiger partial charge in [-0.05, 0) is 30.5 Å². The zero-order valence-electron chi connectivity index (χ0n) is 11.3. The van der Waals surface area contributed by atoms with Crippen LogP contribution in [-0.2, 0) is 16.1 Å². The van der Waals surface area contributed by atoms with Crippen molar-refractivity contribution in [1.82, 2.24) is 4.90 Å². The minimum absolute atomic E-state index is 0.0864. The number of benzene rings is 1. The predicted octanol–water partition coefficient (Wildman–Crippen LogP) is 1.46. The lowest BCUT2D eigenvalue weighted by Crippen LogP contribution is -2.34. The molecule has 1 N–H and O–H groups in total. The highest BCUT2D eigenvalue weighted by atomic mass is 16.2. The molecule has 0 unspecified atom stereocenters. The van der Waals surface area contributed by atoms with Crippen LogP contribution >= 0.6 is 0 Å². The number of aliphatic hydroxyl groups excluding tert-OH is 1. The third kappa shape index (κ3) is 3.69. The summed E-state index contributed by atoms with van der Waals surface area (Å²) in [6, 6.07) is 7.36. The van der Waals surface area contributed by atoms with Crippen LogP contribution in [0.3, 0.4) is 0 Å². The van der Waals surface area contributed by atoms with E-state index >= 15 is 0 Å². The highest BCUT2D eigenvalue weighted by Crippen LogP contribution is 2.16. The first-order valence-corrected chi connectivity index (χ1v) is 6.72. The largest absolute Gasteiger partial charge is 0.384 e. The number of aliphatic hydroxyl groups is 1. The molecule has 4 heteroatoms. The van der Waals surface area contributed by atoms with Crippen LogP contribution in [0.1, 0.15) is 36.8 Å². The highest BCUT2D eigenvalue weighted by molar-refractivity contribution is 5.95. The average molecular weight is 271 g/mol. The van der Waals surface area contributed by atoms with Gasteiger partial charge in [-0.25, -0.2) is 0 Å². The number of amides is 2. The van der Waals surface area contributed by atoms with E-state index in [1.807, 2.05) is 24.3 Å². The maximum Gasteiger partial charge on any atom is 0.229 e. The van der Waals surface area contributed by atoms with Gasteiger partial charge in [-0.2, -0.15) is 0 Å². The fourth-order valence-electron chi connectivity index (χ4n) is 2.16. The Morgan fingerprint density at radius 2 is 1.65 bits per heavy atom. The van der Waals surface area contributed by atoms with Crippen LogP contribution in [-0.4, -0.2) is 28.4 Å². The molecule has 1 aromatic rings. The summed E-state index contributed by atoms with van der Waals surface area (Å²) in [4.78, 5) is 25.1. The number of carbonyl (C=O) groups excluding carboxylic acids is 2. The van der Waals surface area contributed by atoms with Crippen LogP contribution in [0.2, 0.25) is 0 Å². The first kappa shape index (κ1) is 14.3. The van der Waals surface area contributed by atoms with Gasteiger partial charge in [-0.3, -0.25) is 14.5 Å². The van der Waals surface area contributed by atoms with Crippen molar-refractivity contribution < 1.29 is 14.7 Å². The first-order valence-electron chi connectivity index (χ1n) is 6.72. The molecule has 0 radical (unpaired) electrons. The van der Waals surface area contributed by atoms with Crippen LogP contribution < -0.4 is 0 Å². The van der Waals surface area contributed by atoms with E-state index in [9.17, 15) is 9.59 Å². The molecule has 0 aliphatic carbocycles. The average Bonchev–Trinajstić information content (AvgIpc) is 2.62. The summed E-state index contributed by atoms with van der Waals surface area (Å²) >= 11 is 0. The zero-order chi connectivity index (χ0) is 14.4. The van der Waals surface area contributed by atoms with Crippen molar-refractivity contribution in [3.8, 4) is 11.8 Å². The number of nitrogens with zero attached hydrogens (tertiary/aromatic N) is 1. The Morgan fingerprint density at radius 3 is 2.20 bits per heavy atom. The van der Waals surface area contributed by atoms with Crippen LogP contribution in [0.15, 0.2) is 24.3 Å². The molecule has 104 valence electrons. The SMILES string of the molecule is O=C1CCCCC(=O)N1Cc1ccc(C#CCO)cc1. The Morgan fingerprint density at radius 1 is 1.05 bits per heavy atom. The minimum atomic E-state index is -0.168. The van der Waals surface area contributed by atoms with Crippen molar-refractivity contribution in [1.29, 1.82) is 0 Å². The van der Waals surface area contributed by atoms with Crippen molar-refractivity contribution in [3.05, 3.63) is 35.4 Å². The molecule has 1 aliphatic heterocycles. The number of likely N-dealkylation sites (tertiary alicyclic amines) is 1. The van der Waals surface area contributed by atoms with Gasteiger partial charge in [-0.1, -0.05) is 24.0 Å². The normalized spacial score (nSPS) is 15.6. The number of hydrogen-bond acceptors (Lipinski definition) is 3. The molecule has 2 amide bonds. The number of carbonyl (C=O) groups is 2. The number of rotatable bonds is 2. The second kappa shape index (κ2) is 6.88. The Labute approximate surface area is 118 Å². The van der Waals surface area contributed by atoms with Gasteiger partial charge in [0.1, 0.15) is 6.61 Å². The van der Waals surface area contributed by atoms with Gasteiger partial charge < -0.3 is 5.11 Å². The van der Waals surface area contributed by atoms with Gasteiger partial charge in [0.2, 0.25) is 11.8 Å². The molecule has 0 saturated carbocycles. The van der Waals surface area contributed by atoms with Crippen LogP contribution in [0, 0.1) is 11.8 Å². The summed E-state index contributed by atoms with van der Waals surface area (Å²) < 4.78 is 0. The zero-order valence-corrected chi connectivity index (χ0v) is 11.3. The lowest BCUT2D eigenvalue weighted by Gasteiger charge is -2.18. The van der Waals surface area contributed by atoms with Crippen molar-refractivity contribution in [2.75, 3.05) is 6.61 Å². The van der Waals surface area contributed by atoms with E-state index in [2.05, 4.69) is 11.8 Å². The summed E-state index contributed by atoms with van der Waals surface area (Å²) in [5.74, 6) is 5.21. The molecule has 1 aliphatic rings. The Bertz CT molecular complexity index is 533. The van der Waals surface area contributed by atoms with E-state index < -0.39 is 0 Å². The van der Waals surface area contributed by atoms with Crippen molar-refractivity contribution in [2.24, 2.45) is 0 Å². The molecule has 0 bridgehead atoms. The van der Waals surface area contributed by atoms with E-state index in [1.54, 1.807) is 0 Å². The monoisotopic (exact) mass is 271 g/mol. The summed E-state index contributed by atoms with van der Waals surface area (Å²) in [5.41, 5.74) is 1.71. The van der Waals surface area contributed by atoms with Gasteiger partial charge in [-0.15, -0.1) is 0 Å². The molecule has 1 fully saturated rings. The van der Waals surface area contributed by atoms with E-state index in [-0.39, 0.29) is 18.4 Å². The third-order valence-corrected chi connectivity index (χ3v) is 3.24.